The Hall–Kier alpha value is -1.46. The number of carbonyl (C=O) groups excluding carboxylic acids is 1. The number of benzene rings is 1. The van der Waals surface area contributed by atoms with Gasteiger partial charge in [-0.2, -0.15) is 0 Å². The molecular formula is C17H25FN2O2. The molecule has 1 heterocycles. The van der Waals surface area contributed by atoms with Crippen molar-refractivity contribution >= 4 is 5.91 Å². The van der Waals surface area contributed by atoms with Gasteiger partial charge in [0.1, 0.15) is 6.17 Å². The van der Waals surface area contributed by atoms with Crippen LogP contribution in [0.3, 0.4) is 0 Å². The number of hydrogen-bond acceptors (Lipinski definition) is 3. The molecule has 1 aromatic rings. The van der Waals surface area contributed by atoms with Gasteiger partial charge in [-0.1, -0.05) is 37.3 Å². The summed E-state index contributed by atoms with van der Waals surface area (Å²) in [5, 5.41) is 12.2. The maximum Gasteiger partial charge on any atom is 0.220 e. The van der Waals surface area contributed by atoms with Gasteiger partial charge in [0.05, 0.1) is 18.7 Å². The lowest BCUT2D eigenvalue weighted by Crippen LogP contribution is -2.42. The number of alkyl halides is 1. The number of rotatable bonds is 7. The van der Waals surface area contributed by atoms with Crippen LogP contribution in [0.25, 0.3) is 0 Å². The molecule has 4 nitrogen and oxygen atoms in total. The van der Waals surface area contributed by atoms with Gasteiger partial charge in [0, 0.05) is 13.0 Å². The molecule has 122 valence electrons. The van der Waals surface area contributed by atoms with Crippen molar-refractivity contribution in [1.29, 1.82) is 0 Å². The standard InChI is InChI=1S/C17H25FN2O2/c1-2-16(22)19-14-11-20(15(12-21)17(14)18)10-6-9-13-7-4-3-5-8-13/h3-5,7-8,14-15,17,21H,2,6,9-12H2,1H3,(H,19,22)/t14-,15-,17+/m0/s1. The van der Waals surface area contributed by atoms with E-state index in [4.69, 9.17) is 0 Å². The van der Waals surface area contributed by atoms with Crippen molar-refractivity contribution in [3.63, 3.8) is 0 Å². The molecule has 1 aliphatic rings. The zero-order chi connectivity index (χ0) is 15.9. The second kappa shape index (κ2) is 8.25. The number of aliphatic hydroxyl groups is 1. The molecule has 1 fully saturated rings. The predicted molar refractivity (Wildman–Crippen MR) is 84.3 cm³/mol. The fraction of sp³-hybridized carbons (Fsp3) is 0.588. The van der Waals surface area contributed by atoms with E-state index in [9.17, 15) is 14.3 Å². The van der Waals surface area contributed by atoms with E-state index >= 15 is 0 Å². The first kappa shape index (κ1) is 16.9. The summed E-state index contributed by atoms with van der Waals surface area (Å²) in [6.45, 7) is 2.72. The monoisotopic (exact) mass is 308 g/mol. The van der Waals surface area contributed by atoms with Gasteiger partial charge in [-0.25, -0.2) is 4.39 Å². The van der Waals surface area contributed by atoms with E-state index < -0.39 is 18.3 Å². The minimum absolute atomic E-state index is 0.143. The number of aliphatic hydroxyl groups excluding tert-OH is 1. The molecule has 0 aliphatic carbocycles. The summed E-state index contributed by atoms with van der Waals surface area (Å²) >= 11 is 0. The van der Waals surface area contributed by atoms with Crippen molar-refractivity contribution in [2.75, 3.05) is 19.7 Å². The summed E-state index contributed by atoms with van der Waals surface area (Å²) in [5.41, 5.74) is 1.26. The molecule has 0 radical (unpaired) electrons. The molecule has 0 bridgehead atoms. The number of carbonyl (C=O) groups is 1. The summed E-state index contributed by atoms with van der Waals surface area (Å²) < 4.78 is 14.3. The molecule has 3 atom stereocenters. The Kier molecular flexibility index (Phi) is 6.34. The largest absolute Gasteiger partial charge is 0.395 e. The zero-order valence-electron chi connectivity index (χ0n) is 13.0. The summed E-state index contributed by atoms with van der Waals surface area (Å²) in [6, 6.07) is 9.14. The van der Waals surface area contributed by atoms with Gasteiger partial charge in [-0.05, 0) is 24.9 Å². The van der Waals surface area contributed by atoms with E-state index in [2.05, 4.69) is 17.4 Å². The molecule has 5 heteroatoms. The topological polar surface area (TPSA) is 52.6 Å². The number of amides is 1. The first-order valence-corrected chi connectivity index (χ1v) is 7.98. The lowest BCUT2D eigenvalue weighted by atomic mass is 10.1. The van der Waals surface area contributed by atoms with Gasteiger partial charge < -0.3 is 10.4 Å². The minimum Gasteiger partial charge on any atom is -0.395 e. The van der Waals surface area contributed by atoms with E-state index in [0.29, 0.717) is 13.0 Å². The summed E-state index contributed by atoms with van der Waals surface area (Å²) in [5.74, 6) is -0.143. The number of aryl methyl sites for hydroxylation is 1. The molecule has 1 saturated heterocycles. The highest BCUT2D eigenvalue weighted by molar-refractivity contribution is 5.76. The number of likely N-dealkylation sites (tertiary alicyclic amines) is 1. The van der Waals surface area contributed by atoms with Gasteiger partial charge in [-0.3, -0.25) is 9.69 Å². The van der Waals surface area contributed by atoms with Crippen LogP contribution >= 0.6 is 0 Å². The highest BCUT2D eigenvalue weighted by atomic mass is 19.1. The molecular weight excluding hydrogens is 283 g/mol. The smallest absolute Gasteiger partial charge is 0.220 e. The quantitative estimate of drug-likeness (QED) is 0.803. The fourth-order valence-corrected chi connectivity index (χ4v) is 3.00. The van der Waals surface area contributed by atoms with Crippen molar-refractivity contribution in [3.05, 3.63) is 35.9 Å². The van der Waals surface area contributed by atoms with Crippen molar-refractivity contribution in [1.82, 2.24) is 10.2 Å². The molecule has 0 spiro atoms. The van der Waals surface area contributed by atoms with Crippen LogP contribution in [0.1, 0.15) is 25.3 Å². The third-order valence-electron chi connectivity index (χ3n) is 4.26. The van der Waals surface area contributed by atoms with Crippen LogP contribution in [0.2, 0.25) is 0 Å². The second-order valence-corrected chi connectivity index (χ2v) is 5.81. The average molecular weight is 308 g/mol. The predicted octanol–water partition coefficient (Wildman–Crippen LogP) is 1.53. The van der Waals surface area contributed by atoms with Gasteiger partial charge in [0.15, 0.2) is 0 Å². The van der Waals surface area contributed by atoms with Crippen molar-refractivity contribution in [3.8, 4) is 0 Å². The molecule has 0 saturated carbocycles. The third-order valence-corrected chi connectivity index (χ3v) is 4.26. The van der Waals surface area contributed by atoms with E-state index in [-0.39, 0.29) is 12.5 Å². The van der Waals surface area contributed by atoms with Crippen LogP contribution < -0.4 is 5.32 Å². The average Bonchev–Trinajstić information content (AvgIpc) is 2.83. The summed E-state index contributed by atoms with van der Waals surface area (Å²) in [6.07, 6.45) is 0.971. The lowest BCUT2D eigenvalue weighted by molar-refractivity contribution is -0.121. The SMILES string of the molecule is CCC(=O)N[C@H]1CN(CCCc2ccccc2)[C@@H](CO)[C@@H]1F. The summed E-state index contributed by atoms with van der Waals surface area (Å²) in [4.78, 5) is 13.4. The van der Waals surface area contributed by atoms with Crippen LogP contribution in [-0.2, 0) is 11.2 Å². The van der Waals surface area contributed by atoms with Crippen molar-refractivity contribution < 1.29 is 14.3 Å². The third kappa shape index (κ3) is 4.27. The molecule has 2 N–H and O–H groups in total. The normalized spacial score (nSPS) is 25.3. The first-order valence-electron chi connectivity index (χ1n) is 7.98. The molecule has 2 rings (SSSR count). The van der Waals surface area contributed by atoms with Crippen LogP contribution in [0.4, 0.5) is 4.39 Å². The number of nitrogens with zero attached hydrogens (tertiary/aromatic N) is 1. The van der Waals surface area contributed by atoms with Crippen LogP contribution in [0.5, 0.6) is 0 Å². The van der Waals surface area contributed by atoms with E-state index in [1.807, 2.05) is 23.1 Å². The maximum atomic E-state index is 14.3. The van der Waals surface area contributed by atoms with Gasteiger partial charge in [0.25, 0.3) is 0 Å². The molecule has 0 aromatic heterocycles. The van der Waals surface area contributed by atoms with Gasteiger partial charge in [-0.15, -0.1) is 0 Å². The van der Waals surface area contributed by atoms with E-state index in [1.54, 1.807) is 6.92 Å². The van der Waals surface area contributed by atoms with Gasteiger partial charge >= 0.3 is 0 Å². The Morgan fingerprint density at radius 2 is 2.14 bits per heavy atom. The van der Waals surface area contributed by atoms with Crippen molar-refractivity contribution in [2.45, 2.75) is 44.4 Å². The Bertz CT molecular complexity index is 469. The van der Waals surface area contributed by atoms with Crippen LogP contribution in [0, 0.1) is 0 Å². The van der Waals surface area contributed by atoms with Crippen LogP contribution in [-0.4, -0.2) is 53.9 Å². The Morgan fingerprint density at radius 3 is 2.77 bits per heavy atom. The Morgan fingerprint density at radius 1 is 1.41 bits per heavy atom. The molecule has 1 aromatic carbocycles. The van der Waals surface area contributed by atoms with Crippen molar-refractivity contribution in [2.24, 2.45) is 0 Å². The second-order valence-electron chi connectivity index (χ2n) is 5.81. The number of halogens is 1. The lowest BCUT2D eigenvalue weighted by Gasteiger charge is -2.22. The number of nitrogens with one attached hydrogen (secondary N) is 1. The Balaban J connectivity index is 1.85. The minimum atomic E-state index is -1.21. The molecule has 0 unspecified atom stereocenters. The van der Waals surface area contributed by atoms with Gasteiger partial charge in [0.2, 0.25) is 5.91 Å². The van der Waals surface area contributed by atoms with Crippen LogP contribution in [0.15, 0.2) is 30.3 Å². The molecule has 1 amide bonds. The Labute approximate surface area is 131 Å². The number of hydrogen-bond donors (Lipinski definition) is 2. The highest BCUT2D eigenvalue weighted by Gasteiger charge is 2.41. The summed E-state index contributed by atoms with van der Waals surface area (Å²) in [7, 11) is 0. The van der Waals surface area contributed by atoms with E-state index in [1.165, 1.54) is 5.56 Å². The molecule has 1 aliphatic heterocycles. The zero-order valence-corrected chi connectivity index (χ0v) is 13.0. The fourth-order valence-electron chi connectivity index (χ4n) is 3.00. The first-order chi connectivity index (χ1) is 10.7. The molecule has 22 heavy (non-hydrogen) atoms. The maximum absolute atomic E-state index is 14.3. The highest BCUT2D eigenvalue weighted by Crippen LogP contribution is 2.22. The van der Waals surface area contributed by atoms with E-state index in [0.717, 1.165) is 19.4 Å².